The Balaban J connectivity index is 2.52. The molecule has 1 amide bonds. The zero-order valence-electron chi connectivity index (χ0n) is 13.2. The quantitative estimate of drug-likeness (QED) is 0.824. The molecule has 2 N–H and O–H groups in total. The van der Waals surface area contributed by atoms with Crippen LogP contribution in [0.3, 0.4) is 0 Å². The van der Waals surface area contributed by atoms with Gasteiger partial charge in [-0.25, -0.2) is 0 Å². The molecule has 1 heterocycles. The van der Waals surface area contributed by atoms with Crippen LogP contribution in [0.25, 0.3) is 0 Å². The van der Waals surface area contributed by atoms with Crippen LogP contribution in [0.15, 0.2) is 0 Å². The second-order valence-corrected chi connectivity index (χ2v) is 6.60. The number of piperidine rings is 1. The molecule has 1 aliphatic rings. The third kappa shape index (κ3) is 4.77. The van der Waals surface area contributed by atoms with Gasteiger partial charge in [0.05, 0.1) is 6.04 Å². The highest BCUT2D eigenvalue weighted by Crippen LogP contribution is 2.19. The van der Waals surface area contributed by atoms with E-state index < -0.39 is 0 Å². The summed E-state index contributed by atoms with van der Waals surface area (Å²) in [6, 6.07) is 0.213. The zero-order chi connectivity index (χ0) is 14.6. The number of hydrogen-bond donors (Lipinski definition) is 1. The zero-order valence-corrected chi connectivity index (χ0v) is 13.2. The van der Waals surface area contributed by atoms with E-state index in [1.807, 2.05) is 18.7 Å². The lowest BCUT2D eigenvalue weighted by atomic mass is 9.95. The summed E-state index contributed by atoms with van der Waals surface area (Å²) in [7, 11) is 2.16. The molecule has 112 valence electrons. The molecule has 0 spiro atoms. The van der Waals surface area contributed by atoms with E-state index in [0.717, 1.165) is 26.1 Å². The molecule has 0 aromatic heterocycles. The van der Waals surface area contributed by atoms with Crippen LogP contribution >= 0.6 is 0 Å². The van der Waals surface area contributed by atoms with Crippen molar-refractivity contribution in [2.45, 2.75) is 52.6 Å². The molecule has 1 saturated heterocycles. The molecular formula is C15H31N3O. The lowest BCUT2D eigenvalue weighted by Gasteiger charge is -2.37. The minimum absolute atomic E-state index is 0.131. The fourth-order valence-electron chi connectivity index (χ4n) is 2.53. The van der Waals surface area contributed by atoms with Crippen molar-refractivity contribution in [2.75, 3.05) is 26.7 Å². The van der Waals surface area contributed by atoms with Crippen molar-refractivity contribution in [1.82, 2.24) is 9.80 Å². The third-order valence-electron chi connectivity index (χ3n) is 4.26. The molecule has 4 heteroatoms. The van der Waals surface area contributed by atoms with E-state index in [0.29, 0.717) is 12.0 Å². The van der Waals surface area contributed by atoms with Gasteiger partial charge in [-0.05, 0) is 45.6 Å². The summed E-state index contributed by atoms with van der Waals surface area (Å²) in [6.45, 7) is 11.3. The number of carbonyl (C=O) groups is 1. The predicted octanol–water partition coefficient (Wildman–Crippen LogP) is 1.55. The number of nitrogens with two attached hydrogens (primary N) is 1. The molecular weight excluding hydrogens is 238 g/mol. The van der Waals surface area contributed by atoms with Gasteiger partial charge in [-0.3, -0.25) is 4.79 Å². The maximum absolute atomic E-state index is 12.3. The van der Waals surface area contributed by atoms with E-state index in [1.165, 1.54) is 6.42 Å². The minimum atomic E-state index is -0.346. The molecule has 4 nitrogen and oxygen atoms in total. The fraction of sp³-hybridized carbons (Fsp3) is 0.933. The number of amides is 1. The third-order valence-corrected chi connectivity index (χ3v) is 4.26. The van der Waals surface area contributed by atoms with Gasteiger partial charge in [-0.1, -0.05) is 13.8 Å². The first-order valence-electron chi connectivity index (χ1n) is 7.57. The lowest BCUT2D eigenvalue weighted by Crippen LogP contribution is -2.51. The second-order valence-electron chi connectivity index (χ2n) is 6.60. The Hall–Kier alpha value is -0.610. The van der Waals surface area contributed by atoms with Gasteiger partial charge < -0.3 is 15.5 Å². The Labute approximate surface area is 118 Å². The van der Waals surface area contributed by atoms with Gasteiger partial charge in [-0.15, -0.1) is 0 Å². The largest absolute Gasteiger partial charge is 0.341 e. The molecule has 0 saturated carbocycles. The van der Waals surface area contributed by atoms with E-state index in [-0.39, 0.29) is 17.9 Å². The summed E-state index contributed by atoms with van der Waals surface area (Å²) in [5.74, 6) is 0.933. The number of carbonyl (C=O) groups excluding carboxylic acids is 1. The maximum atomic E-state index is 12.3. The topological polar surface area (TPSA) is 49.6 Å². The molecule has 1 aliphatic heterocycles. The van der Waals surface area contributed by atoms with E-state index in [4.69, 9.17) is 5.73 Å². The monoisotopic (exact) mass is 269 g/mol. The molecule has 0 aromatic carbocycles. The lowest BCUT2D eigenvalue weighted by molar-refractivity contribution is -0.135. The maximum Gasteiger partial charge on any atom is 0.239 e. The Kier molecular flexibility index (Phi) is 6.27. The Morgan fingerprint density at radius 1 is 1.37 bits per heavy atom. The Morgan fingerprint density at radius 3 is 2.53 bits per heavy atom. The fourth-order valence-corrected chi connectivity index (χ4v) is 2.53. The molecule has 1 fully saturated rings. The first-order chi connectivity index (χ1) is 8.82. The number of nitrogens with zero attached hydrogens (tertiary/aromatic N) is 2. The first-order valence-corrected chi connectivity index (χ1v) is 7.57. The van der Waals surface area contributed by atoms with Crippen molar-refractivity contribution >= 4 is 5.91 Å². The summed E-state index contributed by atoms with van der Waals surface area (Å²) in [6.07, 6.45) is 2.32. The molecule has 0 bridgehead atoms. The summed E-state index contributed by atoms with van der Waals surface area (Å²) in [4.78, 5) is 16.6. The van der Waals surface area contributed by atoms with Gasteiger partial charge in [0.25, 0.3) is 0 Å². The normalized spacial score (nSPS) is 22.4. The van der Waals surface area contributed by atoms with Gasteiger partial charge in [0, 0.05) is 25.7 Å². The SMILES string of the molecule is CC(C)[C@H](N)C(=O)N1CCCC(CN(C)C(C)C)C1. The van der Waals surface area contributed by atoms with Gasteiger partial charge in [-0.2, -0.15) is 0 Å². The van der Waals surface area contributed by atoms with Crippen molar-refractivity contribution in [3.63, 3.8) is 0 Å². The first kappa shape index (κ1) is 16.4. The van der Waals surface area contributed by atoms with Crippen molar-refractivity contribution < 1.29 is 4.79 Å². The van der Waals surface area contributed by atoms with Gasteiger partial charge in [0.1, 0.15) is 0 Å². The predicted molar refractivity (Wildman–Crippen MR) is 79.9 cm³/mol. The molecule has 1 rings (SSSR count). The van der Waals surface area contributed by atoms with Gasteiger partial charge in [0.2, 0.25) is 5.91 Å². The average Bonchev–Trinajstić information content (AvgIpc) is 2.37. The van der Waals surface area contributed by atoms with Crippen molar-refractivity contribution in [3.05, 3.63) is 0 Å². The van der Waals surface area contributed by atoms with Gasteiger partial charge in [0.15, 0.2) is 0 Å². The van der Waals surface area contributed by atoms with E-state index in [2.05, 4.69) is 25.8 Å². The molecule has 0 aliphatic carbocycles. The molecule has 0 radical (unpaired) electrons. The number of hydrogen-bond acceptors (Lipinski definition) is 3. The van der Waals surface area contributed by atoms with Crippen LogP contribution in [-0.4, -0.2) is 54.5 Å². The summed E-state index contributed by atoms with van der Waals surface area (Å²) in [5, 5.41) is 0. The Morgan fingerprint density at radius 2 is 2.00 bits per heavy atom. The van der Waals surface area contributed by atoms with Crippen molar-refractivity contribution in [1.29, 1.82) is 0 Å². The van der Waals surface area contributed by atoms with Crippen LogP contribution in [0.5, 0.6) is 0 Å². The highest BCUT2D eigenvalue weighted by Gasteiger charge is 2.29. The highest BCUT2D eigenvalue weighted by atomic mass is 16.2. The van der Waals surface area contributed by atoms with E-state index in [1.54, 1.807) is 0 Å². The van der Waals surface area contributed by atoms with Crippen molar-refractivity contribution in [2.24, 2.45) is 17.6 Å². The molecule has 2 atom stereocenters. The summed E-state index contributed by atoms with van der Waals surface area (Å²) in [5.41, 5.74) is 5.98. The standard InChI is InChI=1S/C15H31N3O/c1-11(2)14(16)15(19)18-8-6-7-13(10-18)9-17(5)12(3)4/h11-14H,6-10,16H2,1-5H3/t13?,14-/m0/s1. The highest BCUT2D eigenvalue weighted by molar-refractivity contribution is 5.82. The van der Waals surface area contributed by atoms with Crippen LogP contribution in [-0.2, 0) is 4.79 Å². The number of rotatable bonds is 5. The number of likely N-dealkylation sites (tertiary alicyclic amines) is 1. The summed E-state index contributed by atoms with van der Waals surface area (Å²) < 4.78 is 0. The van der Waals surface area contributed by atoms with Crippen LogP contribution in [0, 0.1) is 11.8 Å². The van der Waals surface area contributed by atoms with Crippen LogP contribution in [0.2, 0.25) is 0 Å². The molecule has 0 aromatic rings. The molecule has 1 unspecified atom stereocenters. The van der Waals surface area contributed by atoms with E-state index in [9.17, 15) is 4.79 Å². The van der Waals surface area contributed by atoms with Crippen LogP contribution in [0.1, 0.15) is 40.5 Å². The minimum Gasteiger partial charge on any atom is -0.341 e. The van der Waals surface area contributed by atoms with Crippen LogP contribution in [0.4, 0.5) is 0 Å². The van der Waals surface area contributed by atoms with Crippen LogP contribution < -0.4 is 5.73 Å². The smallest absolute Gasteiger partial charge is 0.239 e. The van der Waals surface area contributed by atoms with E-state index >= 15 is 0 Å². The Bertz CT molecular complexity index is 291. The van der Waals surface area contributed by atoms with Gasteiger partial charge >= 0.3 is 0 Å². The second kappa shape index (κ2) is 7.25. The molecule has 19 heavy (non-hydrogen) atoms. The average molecular weight is 269 g/mol. The summed E-state index contributed by atoms with van der Waals surface area (Å²) >= 11 is 0. The van der Waals surface area contributed by atoms with Crippen molar-refractivity contribution in [3.8, 4) is 0 Å².